The maximum Gasteiger partial charge on any atom is 0.407 e. The Morgan fingerprint density at radius 1 is 1.18 bits per heavy atom. The summed E-state index contributed by atoms with van der Waals surface area (Å²) in [5.41, 5.74) is 0. The van der Waals surface area contributed by atoms with E-state index < -0.39 is 12.1 Å². The Bertz CT molecular complexity index is 1060. The van der Waals surface area contributed by atoms with Crippen LogP contribution in [0.1, 0.15) is 25.6 Å². The number of hydrogen-bond donors (Lipinski definition) is 1. The van der Waals surface area contributed by atoms with E-state index >= 15 is 0 Å². The van der Waals surface area contributed by atoms with Gasteiger partial charge in [0, 0.05) is 18.8 Å². The molecule has 0 fully saturated rings. The fourth-order valence-electron chi connectivity index (χ4n) is 2.75. The Balaban J connectivity index is 1.50. The van der Waals surface area contributed by atoms with Crippen molar-refractivity contribution < 1.29 is 14.3 Å². The van der Waals surface area contributed by atoms with Gasteiger partial charge in [-0.2, -0.15) is 0 Å². The van der Waals surface area contributed by atoms with Crippen molar-refractivity contribution in [3.05, 3.63) is 52.5 Å². The van der Waals surface area contributed by atoms with Gasteiger partial charge in [0.15, 0.2) is 5.78 Å². The molecule has 174 valence electrons. The van der Waals surface area contributed by atoms with E-state index in [1.165, 1.54) is 4.68 Å². The zero-order valence-corrected chi connectivity index (χ0v) is 20.0. The number of aryl methyl sites for hydroxylation is 1. The van der Waals surface area contributed by atoms with Gasteiger partial charge in [0.2, 0.25) is 5.16 Å². The average molecular weight is 510 g/mol. The van der Waals surface area contributed by atoms with Crippen molar-refractivity contribution in [3.63, 3.8) is 0 Å². The molecule has 1 aromatic carbocycles. The van der Waals surface area contributed by atoms with Crippen LogP contribution in [-0.2, 0) is 22.5 Å². The molecule has 0 bridgehead atoms. The van der Waals surface area contributed by atoms with Gasteiger partial charge in [-0.15, -0.1) is 5.10 Å². The maximum atomic E-state index is 12.8. The Hall–Kier alpha value is -2.76. The van der Waals surface area contributed by atoms with Gasteiger partial charge < -0.3 is 10.1 Å². The number of nitrogens with one attached hydrogen (secondary N) is 1. The first-order valence-electron chi connectivity index (χ1n) is 10.1. The molecule has 1 unspecified atom stereocenters. The summed E-state index contributed by atoms with van der Waals surface area (Å²) in [4.78, 5) is 33.7. The summed E-state index contributed by atoms with van der Waals surface area (Å²) < 4.78 is 6.51. The first kappa shape index (κ1) is 24.9. The molecule has 0 radical (unpaired) electrons. The van der Waals surface area contributed by atoms with Gasteiger partial charge in [-0.3, -0.25) is 4.79 Å². The monoisotopic (exact) mass is 509 g/mol. The molecule has 1 amide bonds. The van der Waals surface area contributed by atoms with Gasteiger partial charge in [0.1, 0.15) is 12.4 Å². The second kappa shape index (κ2) is 12.5. The van der Waals surface area contributed by atoms with Crippen molar-refractivity contribution >= 4 is 46.8 Å². The lowest BCUT2D eigenvalue weighted by atomic mass is 10.1. The molecule has 13 heteroatoms. The fraction of sp³-hybridized carbons (Fsp3) is 0.350. The van der Waals surface area contributed by atoms with Crippen LogP contribution in [0.3, 0.4) is 0 Å². The standard InChI is InChI=1S/C20H21Cl2N7O3S/c1-2-15(25-20(31)32-11-4-8-17-23-9-5-10-24-17)16(30)12-29-19(26-27-28-29)33-18-13(21)6-3-7-14(18)22/h3,5-7,9-10,15H,2,4,8,11-12H2,1H3,(H,25,31). The number of carbonyl (C=O) groups is 2. The number of ether oxygens (including phenoxy) is 1. The van der Waals surface area contributed by atoms with Crippen LogP contribution in [0.25, 0.3) is 0 Å². The Labute approximate surface area is 204 Å². The highest BCUT2D eigenvalue weighted by Gasteiger charge is 2.22. The van der Waals surface area contributed by atoms with E-state index in [9.17, 15) is 9.59 Å². The zero-order chi connectivity index (χ0) is 23.6. The molecule has 1 N–H and O–H groups in total. The van der Waals surface area contributed by atoms with Crippen molar-refractivity contribution in [3.8, 4) is 0 Å². The molecule has 3 aromatic rings. The minimum atomic E-state index is -0.749. The first-order valence-corrected chi connectivity index (χ1v) is 11.6. The Morgan fingerprint density at radius 2 is 1.91 bits per heavy atom. The predicted octanol–water partition coefficient (Wildman–Crippen LogP) is 3.63. The number of carbonyl (C=O) groups excluding carboxylic acids is 2. The Morgan fingerprint density at radius 3 is 2.61 bits per heavy atom. The van der Waals surface area contributed by atoms with Gasteiger partial charge >= 0.3 is 6.09 Å². The molecular formula is C20H21Cl2N7O3S. The predicted molar refractivity (Wildman–Crippen MR) is 122 cm³/mol. The van der Waals surface area contributed by atoms with Crippen LogP contribution >= 0.6 is 35.0 Å². The molecule has 2 aromatic heterocycles. The number of hydrogen-bond acceptors (Lipinski definition) is 9. The van der Waals surface area contributed by atoms with Crippen LogP contribution in [-0.4, -0.2) is 54.7 Å². The molecule has 2 heterocycles. The van der Waals surface area contributed by atoms with E-state index in [0.29, 0.717) is 45.2 Å². The van der Waals surface area contributed by atoms with E-state index in [0.717, 1.165) is 11.8 Å². The van der Waals surface area contributed by atoms with Gasteiger partial charge in [-0.05, 0) is 53.2 Å². The lowest BCUT2D eigenvalue weighted by Crippen LogP contribution is -2.42. The van der Waals surface area contributed by atoms with Crippen LogP contribution < -0.4 is 5.32 Å². The topological polar surface area (TPSA) is 125 Å². The number of alkyl carbamates (subject to hydrolysis) is 1. The van der Waals surface area contributed by atoms with Gasteiger partial charge in [0.05, 0.1) is 27.6 Å². The largest absolute Gasteiger partial charge is 0.450 e. The molecule has 10 nitrogen and oxygen atoms in total. The van der Waals surface area contributed by atoms with Crippen molar-refractivity contribution in [1.82, 2.24) is 35.5 Å². The van der Waals surface area contributed by atoms with E-state index in [1.54, 1.807) is 43.6 Å². The Kier molecular flexibility index (Phi) is 9.40. The zero-order valence-electron chi connectivity index (χ0n) is 17.6. The van der Waals surface area contributed by atoms with Crippen LogP contribution in [0, 0.1) is 0 Å². The number of amides is 1. The highest BCUT2D eigenvalue weighted by atomic mass is 35.5. The number of halogens is 2. The molecule has 0 aliphatic rings. The SMILES string of the molecule is CCC(NC(=O)OCCCc1ncccn1)C(=O)Cn1nnnc1Sc1c(Cl)cccc1Cl. The summed E-state index contributed by atoms with van der Waals surface area (Å²) in [6.07, 6.45) is 4.18. The van der Waals surface area contributed by atoms with Crippen molar-refractivity contribution in [2.45, 2.75) is 48.8 Å². The summed E-state index contributed by atoms with van der Waals surface area (Å²) >= 11 is 13.6. The normalized spacial score (nSPS) is 11.7. The minimum Gasteiger partial charge on any atom is -0.450 e. The molecule has 0 spiro atoms. The summed E-state index contributed by atoms with van der Waals surface area (Å²) in [6.45, 7) is 1.83. The lowest BCUT2D eigenvalue weighted by Gasteiger charge is -2.16. The highest BCUT2D eigenvalue weighted by molar-refractivity contribution is 7.99. The summed E-state index contributed by atoms with van der Waals surface area (Å²) in [6, 6.07) is 6.11. The molecular weight excluding hydrogens is 489 g/mol. The number of rotatable bonds is 11. The maximum absolute atomic E-state index is 12.8. The van der Waals surface area contributed by atoms with Crippen LogP contribution in [0.2, 0.25) is 10.0 Å². The summed E-state index contributed by atoms with van der Waals surface area (Å²) in [7, 11) is 0. The van der Waals surface area contributed by atoms with E-state index in [1.807, 2.05) is 0 Å². The quantitative estimate of drug-likeness (QED) is 0.385. The van der Waals surface area contributed by atoms with E-state index in [2.05, 4.69) is 30.8 Å². The van der Waals surface area contributed by atoms with Crippen molar-refractivity contribution in [1.29, 1.82) is 0 Å². The molecule has 1 atom stereocenters. The molecule has 0 saturated carbocycles. The molecule has 0 aliphatic heterocycles. The molecule has 0 aliphatic carbocycles. The fourth-order valence-corrected chi connectivity index (χ4v) is 4.17. The number of ketones is 1. The molecule has 0 saturated heterocycles. The van der Waals surface area contributed by atoms with Gasteiger partial charge in [-0.25, -0.2) is 19.4 Å². The third-order valence-corrected chi connectivity index (χ3v) is 6.38. The number of aromatic nitrogens is 6. The molecule has 33 heavy (non-hydrogen) atoms. The minimum absolute atomic E-state index is 0.137. The highest BCUT2D eigenvalue weighted by Crippen LogP contribution is 2.37. The summed E-state index contributed by atoms with van der Waals surface area (Å²) in [5, 5.41) is 15.3. The van der Waals surface area contributed by atoms with Crippen LogP contribution in [0.4, 0.5) is 4.79 Å². The number of Topliss-reactive ketones (excluding diaryl/α,β-unsaturated/α-hetero) is 1. The van der Waals surface area contributed by atoms with Crippen LogP contribution in [0.5, 0.6) is 0 Å². The van der Waals surface area contributed by atoms with Crippen LogP contribution in [0.15, 0.2) is 46.7 Å². The second-order valence-electron chi connectivity index (χ2n) is 6.75. The number of benzene rings is 1. The third-order valence-electron chi connectivity index (χ3n) is 4.40. The van der Waals surface area contributed by atoms with E-state index in [-0.39, 0.29) is 18.9 Å². The molecule has 3 rings (SSSR count). The number of nitrogens with zero attached hydrogens (tertiary/aromatic N) is 6. The van der Waals surface area contributed by atoms with E-state index in [4.69, 9.17) is 27.9 Å². The van der Waals surface area contributed by atoms with Gasteiger partial charge in [0.25, 0.3) is 0 Å². The van der Waals surface area contributed by atoms with Gasteiger partial charge in [-0.1, -0.05) is 36.2 Å². The first-order chi connectivity index (χ1) is 16.0. The smallest absolute Gasteiger partial charge is 0.407 e. The average Bonchev–Trinajstić information content (AvgIpc) is 3.24. The number of tetrazole rings is 1. The van der Waals surface area contributed by atoms with Crippen molar-refractivity contribution in [2.75, 3.05) is 6.61 Å². The third kappa shape index (κ3) is 7.37. The van der Waals surface area contributed by atoms with Crippen molar-refractivity contribution in [2.24, 2.45) is 0 Å². The second-order valence-corrected chi connectivity index (χ2v) is 8.54. The summed E-state index contributed by atoms with van der Waals surface area (Å²) in [5.74, 6) is 0.405. The lowest BCUT2D eigenvalue weighted by molar-refractivity contribution is -0.122.